The fourth-order valence-corrected chi connectivity index (χ4v) is 3.53. The molecule has 3 rings (SSSR count). The van der Waals surface area contributed by atoms with Gasteiger partial charge in [0.1, 0.15) is 0 Å². The van der Waals surface area contributed by atoms with Gasteiger partial charge in [0.2, 0.25) is 0 Å². The van der Waals surface area contributed by atoms with Gasteiger partial charge in [-0.2, -0.15) is 0 Å². The van der Waals surface area contributed by atoms with Crippen molar-refractivity contribution in [2.45, 2.75) is 13.1 Å². The molecule has 94 valence electrons. The summed E-state index contributed by atoms with van der Waals surface area (Å²) in [6.45, 7) is 2.93. The molecule has 2 aliphatic heterocycles. The first-order valence-electron chi connectivity index (χ1n) is 5.69. The van der Waals surface area contributed by atoms with Crippen LogP contribution in [0.15, 0.2) is 12.1 Å². The zero-order valence-electron chi connectivity index (χ0n) is 10.1. The molecule has 0 spiro atoms. The fourth-order valence-electron chi connectivity index (χ4n) is 2.25. The Labute approximate surface area is 121 Å². The van der Waals surface area contributed by atoms with Crippen LogP contribution in [0.4, 0.5) is 0 Å². The number of hydrogen-bond donors (Lipinski definition) is 0. The zero-order valence-corrected chi connectivity index (χ0v) is 13.1. The van der Waals surface area contributed by atoms with Crippen LogP contribution in [0.25, 0.3) is 0 Å². The van der Waals surface area contributed by atoms with Gasteiger partial charge in [-0.3, -0.25) is 0 Å². The molecular formula is C11H13BIN2O2P. The first-order chi connectivity index (χ1) is 8.65. The van der Waals surface area contributed by atoms with E-state index in [0.717, 1.165) is 30.2 Å². The summed E-state index contributed by atoms with van der Waals surface area (Å²) in [6.07, 6.45) is 0. The van der Waals surface area contributed by atoms with Crippen LogP contribution in [0.3, 0.4) is 0 Å². The Balaban J connectivity index is 2.00. The second kappa shape index (κ2) is 5.08. The van der Waals surface area contributed by atoms with Gasteiger partial charge >= 0.3 is 121 Å². The summed E-state index contributed by atoms with van der Waals surface area (Å²) < 4.78 is 13.7. The van der Waals surface area contributed by atoms with Crippen molar-refractivity contribution >= 4 is 34.1 Å². The van der Waals surface area contributed by atoms with Gasteiger partial charge in [-0.1, -0.05) is 0 Å². The Kier molecular flexibility index (Phi) is 3.62. The van der Waals surface area contributed by atoms with Gasteiger partial charge in [0.25, 0.3) is 0 Å². The molecule has 2 aliphatic rings. The second-order valence-electron chi connectivity index (χ2n) is 4.54. The van der Waals surface area contributed by atoms with E-state index >= 15 is 0 Å². The number of halogens is 1. The van der Waals surface area contributed by atoms with Crippen LogP contribution in [0, 0.1) is 0 Å². The van der Waals surface area contributed by atoms with Gasteiger partial charge in [0, 0.05) is 0 Å². The molecule has 2 heterocycles. The third-order valence-corrected chi connectivity index (χ3v) is 5.78. The SMILES string of the molecule is B#P(I)N1COc2ccc3c(c2C1)OCN(C)C3. The van der Waals surface area contributed by atoms with Crippen LogP contribution in [0.5, 0.6) is 11.5 Å². The summed E-state index contributed by atoms with van der Waals surface area (Å²) in [7, 11) is 8.02. The summed E-state index contributed by atoms with van der Waals surface area (Å²) in [4.78, 5) is 2.14. The van der Waals surface area contributed by atoms with Crippen LogP contribution in [0.1, 0.15) is 11.1 Å². The van der Waals surface area contributed by atoms with E-state index in [9.17, 15) is 0 Å². The Morgan fingerprint density at radius 2 is 2.11 bits per heavy atom. The normalized spacial score (nSPS) is 20.6. The minimum absolute atomic E-state index is 0.566. The molecule has 0 fully saturated rings. The Hall–Kier alpha value is -0.165. The molecule has 1 unspecified atom stereocenters. The molecular weight excluding hydrogens is 361 g/mol. The monoisotopic (exact) mass is 374 g/mol. The topological polar surface area (TPSA) is 24.9 Å². The van der Waals surface area contributed by atoms with Crippen LogP contribution >= 0.6 is 27.1 Å². The second-order valence-corrected chi connectivity index (χ2v) is 8.65. The quantitative estimate of drug-likeness (QED) is 0.396. The standard InChI is InChI=1S/C11H13BIN2O2P/c1-14-4-8-2-3-10-9(11(8)17-6-14)5-15(7-16-10)18(12)13/h2-3H,4-7H2,1H3. The van der Waals surface area contributed by atoms with Crippen LogP contribution in [-0.4, -0.2) is 37.1 Å². The van der Waals surface area contributed by atoms with E-state index in [-0.39, 0.29) is 0 Å². The van der Waals surface area contributed by atoms with Crippen LogP contribution in [0.2, 0.25) is 0 Å². The minimum atomic E-state index is -0.653. The Bertz CT molecular complexity index is 560. The van der Waals surface area contributed by atoms with E-state index in [1.807, 2.05) is 6.07 Å². The molecule has 1 aromatic carbocycles. The molecule has 1 aromatic rings. The molecule has 0 aromatic heterocycles. The van der Waals surface area contributed by atoms with Crippen molar-refractivity contribution in [2.24, 2.45) is 0 Å². The van der Waals surface area contributed by atoms with Crippen molar-refractivity contribution in [2.75, 3.05) is 20.5 Å². The van der Waals surface area contributed by atoms with Crippen molar-refractivity contribution in [3.63, 3.8) is 0 Å². The molecule has 0 N–H and O–H groups in total. The third kappa shape index (κ3) is 2.31. The van der Waals surface area contributed by atoms with Gasteiger partial charge in [0.15, 0.2) is 0 Å². The first kappa shape index (κ1) is 12.8. The summed E-state index contributed by atoms with van der Waals surface area (Å²) in [5.41, 5.74) is 2.37. The Morgan fingerprint density at radius 1 is 1.28 bits per heavy atom. The predicted octanol–water partition coefficient (Wildman–Crippen LogP) is 2.45. The number of rotatable bonds is 0. The number of nitrogens with zero attached hydrogens (tertiary/aromatic N) is 2. The van der Waals surface area contributed by atoms with Crippen molar-refractivity contribution in [1.29, 1.82) is 0 Å². The van der Waals surface area contributed by atoms with Crippen molar-refractivity contribution in [3.05, 3.63) is 23.3 Å². The van der Waals surface area contributed by atoms with Gasteiger partial charge in [0.05, 0.1) is 0 Å². The molecule has 0 bridgehead atoms. The molecule has 0 aliphatic carbocycles. The van der Waals surface area contributed by atoms with Gasteiger partial charge in [-0.05, 0) is 0 Å². The average Bonchev–Trinajstić information content (AvgIpc) is 2.37. The predicted molar refractivity (Wildman–Crippen MR) is 81.1 cm³/mol. The van der Waals surface area contributed by atoms with Gasteiger partial charge in [-0.15, -0.1) is 0 Å². The van der Waals surface area contributed by atoms with E-state index < -0.39 is 5.03 Å². The van der Waals surface area contributed by atoms with Crippen LogP contribution < -0.4 is 9.47 Å². The van der Waals surface area contributed by atoms with Gasteiger partial charge in [-0.25, -0.2) is 0 Å². The van der Waals surface area contributed by atoms with Crippen LogP contribution in [-0.2, 0) is 13.1 Å². The summed E-state index contributed by atoms with van der Waals surface area (Å²) in [6, 6.07) is 4.13. The molecule has 7 heteroatoms. The van der Waals surface area contributed by atoms with Crippen molar-refractivity contribution in [1.82, 2.24) is 9.57 Å². The van der Waals surface area contributed by atoms with E-state index in [1.165, 1.54) is 5.56 Å². The molecule has 18 heavy (non-hydrogen) atoms. The Morgan fingerprint density at radius 3 is 2.89 bits per heavy atom. The van der Waals surface area contributed by atoms with E-state index in [2.05, 4.69) is 44.7 Å². The molecule has 0 saturated carbocycles. The molecule has 0 amide bonds. The molecule has 1 atom stereocenters. The maximum absolute atomic E-state index is 5.97. The average molecular weight is 374 g/mol. The van der Waals surface area contributed by atoms with Crippen molar-refractivity contribution < 1.29 is 9.47 Å². The van der Waals surface area contributed by atoms with Crippen molar-refractivity contribution in [3.8, 4) is 11.5 Å². The van der Waals surface area contributed by atoms with E-state index in [0.29, 0.717) is 13.5 Å². The van der Waals surface area contributed by atoms with E-state index in [4.69, 9.17) is 16.5 Å². The number of hydrogen-bond acceptors (Lipinski definition) is 4. The molecule has 4 nitrogen and oxygen atoms in total. The fraction of sp³-hybridized carbons (Fsp3) is 0.455. The third-order valence-electron chi connectivity index (χ3n) is 3.15. The number of fused-ring (bicyclic) bond motifs is 3. The first-order valence-corrected chi connectivity index (χ1v) is 9.84. The zero-order chi connectivity index (χ0) is 12.7. The number of ether oxygens (including phenoxy) is 2. The number of benzene rings is 1. The van der Waals surface area contributed by atoms with E-state index in [1.54, 1.807) is 0 Å². The van der Waals surface area contributed by atoms with Gasteiger partial charge < -0.3 is 0 Å². The molecule has 0 saturated heterocycles. The molecule has 0 radical (unpaired) electrons. The maximum atomic E-state index is 5.97. The summed E-state index contributed by atoms with van der Waals surface area (Å²) in [5.74, 6) is 1.92. The summed E-state index contributed by atoms with van der Waals surface area (Å²) in [5, 5.41) is -0.653. The summed E-state index contributed by atoms with van der Waals surface area (Å²) >= 11 is 2.26.